The van der Waals surface area contributed by atoms with Crippen LogP contribution in [0.2, 0.25) is 0 Å². The van der Waals surface area contributed by atoms with Crippen molar-refractivity contribution in [1.82, 2.24) is 9.88 Å². The van der Waals surface area contributed by atoms with Crippen LogP contribution in [0.1, 0.15) is 34.6 Å². The third-order valence-electron chi connectivity index (χ3n) is 7.13. The summed E-state index contributed by atoms with van der Waals surface area (Å²) in [7, 11) is 0. The Hall–Kier alpha value is -2.77. The minimum Gasteiger partial charge on any atom is -0.379 e. The standard InChI is InChI=1S/C30H33N3O2S.ClH/c1-22-13-14-27-29(23(22)2)31-30(36-27)33(16-15-32-17-19-35-20-18-32)28(34)21-26(24-9-5-3-6-10-24)25-11-7-4-8-12-25;/h3-14,26H,15-21H2,1-2H3;1H. The Bertz CT molecular complexity index is 1270. The van der Waals surface area contributed by atoms with Crippen molar-refractivity contribution in [3.63, 3.8) is 0 Å². The fraction of sp³-hybridized carbons (Fsp3) is 0.333. The lowest BCUT2D eigenvalue weighted by Gasteiger charge is -2.30. The first-order valence-corrected chi connectivity index (χ1v) is 13.5. The molecule has 0 bridgehead atoms. The zero-order valence-corrected chi connectivity index (χ0v) is 23.1. The van der Waals surface area contributed by atoms with Crippen LogP contribution in [0, 0.1) is 13.8 Å². The number of anilines is 1. The van der Waals surface area contributed by atoms with E-state index in [0.717, 1.165) is 59.3 Å². The number of hydrogen-bond acceptors (Lipinski definition) is 5. The van der Waals surface area contributed by atoms with Gasteiger partial charge in [-0.2, -0.15) is 0 Å². The molecule has 0 saturated carbocycles. The number of morpholine rings is 1. The first-order chi connectivity index (χ1) is 17.6. The molecule has 0 spiro atoms. The summed E-state index contributed by atoms with van der Waals surface area (Å²) in [6.45, 7) is 8.95. The molecule has 4 aromatic rings. The molecule has 194 valence electrons. The maximum atomic E-state index is 14.1. The lowest BCUT2D eigenvalue weighted by molar-refractivity contribution is -0.118. The van der Waals surface area contributed by atoms with E-state index in [9.17, 15) is 4.79 Å². The zero-order chi connectivity index (χ0) is 24.9. The minimum absolute atomic E-state index is 0. The Morgan fingerprint density at radius 1 is 0.973 bits per heavy atom. The average molecular weight is 536 g/mol. The molecule has 0 radical (unpaired) electrons. The lowest BCUT2D eigenvalue weighted by atomic mass is 9.88. The van der Waals surface area contributed by atoms with Crippen molar-refractivity contribution in [2.45, 2.75) is 26.2 Å². The molecule has 1 fully saturated rings. The number of hydrogen-bond donors (Lipinski definition) is 0. The molecule has 5 nitrogen and oxygen atoms in total. The van der Waals surface area contributed by atoms with Crippen molar-refractivity contribution in [3.05, 3.63) is 95.1 Å². The van der Waals surface area contributed by atoms with E-state index in [2.05, 4.69) is 55.1 Å². The van der Waals surface area contributed by atoms with Gasteiger partial charge in [0.2, 0.25) is 5.91 Å². The maximum Gasteiger partial charge on any atom is 0.229 e. The van der Waals surface area contributed by atoms with E-state index in [1.165, 1.54) is 11.1 Å². The molecule has 1 amide bonds. The molecular weight excluding hydrogens is 502 g/mol. The SMILES string of the molecule is Cc1ccc2sc(N(CCN3CCOCC3)C(=O)CC(c3ccccc3)c3ccccc3)nc2c1C.Cl. The number of ether oxygens (including phenoxy) is 1. The Balaban J connectivity index is 0.00000320. The molecule has 0 atom stereocenters. The number of amides is 1. The van der Waals surface area contributed by atoms with Gasteiger partial charge in [0, 0.05) is 38.5 Å². The van der Waals surface area contributed by atoms with E-state index < -0.39 is 0 Å². The molecular formula is C30H34ClN3O2S. The number of benzene rings is 3. The Morgan fingerprint density at radius 3 is 2.22 bits per heavy atom. The third-order valence-corrected chi connectivity index (χ3v) is 8.18. The second-order valence-electron chi connectivity index (χ2n) is 9.43. The molecule has 5 rings (SSSR count). The van der Waals surface area contributed by atoms with Crippen LogP contribution < -0.4 is 4.90 Å². The average Bonchev–Trinajstić information content (AvgIpc) is 3.36. The van der Waals surface area contributed by atoms with E-state index in [4.69, 9.17) is 9.72 Å². The number of fused-ring (bicyclic) bond motifs is 1. The van der Waals surface area contributed by atoms with Gasteiger partial charge < -0.3 is 4.74 Å². The molecule has 1 saturated heterocycles. The van der Waals surface area contributed by atoms with Gasteiger partial charge in [-0.25, -0.2) is 4.98 Å². The van der Waals surface area contributed by atoms with E-state index in [-0.39, 0.29) is 24.2 Å². The first kappa shape index (κ1) is 27.3. The van der Waals surface area contributed by atoms with Gasteiger partial charge in [0.1, 0.15) is 0 Å². The van der Waals surface area contributed by atoms with Gasteiger partial charge in [0.15, 0.2) is 5.13 Å². The van der Waals surface area contributed by atoms with Crippen LogP contribution in [-0.4, -0.2) is 55.2 Å². The molecule has 37 heavy (non-hydrogen) atoms. The summed E-state index contributed by atoms with van der Waals surface area (Å²) in [4.78, 5) is 23.3. The van der Waals surface area contributed by atoms with Crippen LogP contribution >= 0.6 is 23.7 Å². The van der Waals surface area contributed by atoms with Gasteiger partial charge in [-0.05, 0) is 42.2 Å². The molecule has 0 aliphatic carbocycles. The fourth-order valence-electron chi connectivity index (χ4n) is 4.81. The smallest absolute Gasteiger partial charge is 0.229 e. The Kier molecular flexibility index (Phi) is 9.33. The fourth-order valence-corrected chi connectivity index (χ4v) is 5.88. The summed E-state index contributed by atoms with van der Waals surface area (Å²) < 4.78 is 6.65. The van der Waals surface area contributed by atoms with Crippen molar-refractivity contribution < 1.29 is 9.53 Å². The summed E-state index contributed by atoms with van der Waals surface area (Å²) in [5.41, 5.74) is 5.71. The Morgan fingerprint density at radius 2 is 1.59 bits per heavy atom. The van der Waals surface area contributed by atoms with Crippen molar-refractivity contribution in [1.29, 1.82) is 0 Å². The second-order valence-corrected chi connectivity index (χ2v) is 10.4. The molecule has 0 N–H and O–H groups in total. The van der Waals surface area contributed by atoms with Crippen LogP contribution in [0.25, 0.3) is 10.2 Å². The highest BCUT2D eigenvalue weighted by Crippen LogP contribution is 2.34. The highest BCUT2D eigenvalue weighted by Gasteiger charge is 2.26. The highest BCUT2D eigenvalue weighted by molar-refractivity contribution is 7.22. The number of carbonyl (C=O) groups excluding carboxylic acids is 1. The van der Waals surface area contributed by atoms with Crippen LogP contribution in [0.3, 0.4) is 0 Å². The van der Waals surface area contributed by atoms with Crippen molar-refractivity contribution in [2.24, 2.45) is 0 Å². The van der Waals surface area contributed by atoms with Crippen LogP contribution in [-0.2, 0) is 9.53 Å². The van der Waals surface area contributed by atoms with Gasteiger partial charge >= 0.3 is 0 Å². The Labute approximate surface area is 229 Å². The zero-order valence-electron chi connectivity index (χ0n) is 21.4. The first-order valence-electron chi connectivity index (χ1n) is 12.7. The van der Waals surface area contributed by atoms with Crippen LogP contribution in [0.5, 0.6) is 0 Å². The monoisotopic (exact) mass is 535 g/mol. The quantitative estimate of drug-likeness (QED) is 0.268. The molecule has 7 heteroatoms. The summed E-state index contributed by atoms with van der Waals surface area (Å²) in [6, 6.07) is 25.0. The number of nitrogens with zero attached hydrogens (tertiary/aromatic N) is 3. The number of halogens is 1. The van der Waals surface area contributed by atoms with Crippen molar-refractivity contribution in [2.75, 3.05) is 44.3 Å². The van der Waals surface area contributed by atoms with E-state index in [1.807, 2.05) is 41.3 Å². The highest BCUT2D eigenvalue weighted by atomic mass is 35.5. The minimum atomic E-state index is -0.0101. The normalized spacial score (nSPS) is 14.0. The largest absolute Gasteiger partial charge is 0.379 e. The molecule has 2 heterocycles. The van der Waals surface area contributed by atoms with Crippen molar-refractivity contribution in [3.8, 4) is 0 Å². The number of rotatable bonds is 8. The lowest BCUT2D eigenvalue weighted by Crippen LogP contribution is -2.43. The predicted octanol–water partition coefficient (Wildman–Crippen LogP) is 6.22. The summed E-state index contributed by atoms with van der Waals surface area (Å²) >= 11 is 1.61. The van der Waals surface area contributed by atoms with Gasteiger partial charge in [-0.1, -0.05) is 78.1 Å². The van der Waals surface area contributed by atoms with Gasteiger partial charge in [-0.3, -0.25) is 14.6 Å². The second kappa shape index (κ2) is 12.7. The van der Waals surface area contributed by atoms with Gasteiger partial charge in [0.05, 0.1) is 23.4 Å². The van der Waals surface area contributed by atoms with E-state index in [1.54, 1.807) is 11.3 Å². The summed E-state index contributed by atoms with van der Waals surface area (Å²) in [5.74, 6) is 0.0959. The van der Waals surface area contributed by atoms with Crippen LogP contribution in [0.4, 0.5) is 5.13 Å². The van der Waals surface area contributed by atoms with Gasteiger partial charge in [-0.15, -0.1) is 12.4 Å². The third kappa shape index (κ3) is 6.39. The number of carbonyl (C=O) groups is 1. The van der Waals surface area contributed by atoms with Crippen molar-refractivity contribution >= 4 is 45.0 Å². The van der Waals surface area contributed by atoms with Gasteiger partial charge in [0.25, 0.3) is 0 Å². The molecule has 3 aromatic carbocycles. The molecule has 1 aliphatic heterocycles. The molecule has 1 aliphatic rings. The van der Waals surface area contributed by atoms with E-state index in [0.29, 0.717) is 13.0 Å². The van der Waals surface area contributed by atoms with E-state index >= 15 is 0 Å². The number of thiazole rings is 1. The molecule has 1 aromatic heterocycles. The number of aromatic nitrogens is 1. The topological polar surface area (TPSA) is 45.7 Å². The molecule has 0 unspecified atom stereocenters. The number of aryl methyl sites for hydroxylation is 2. The summed E-state index contributed by atoms with van der Waals surface area (Å²) in [5, 5.41) is 0.789. The summed E-state index contributed by atoms with van der Waals surface area (Å²) in [6.07, 6.45) is 0.394. The maximum absolute atomic E-state index is 14.1. The van der Waals surface area contributed by atoms with Crippen LogP contribution in [0.15, 0.2) is 72.8 Å². The predicted molar refractivity (Wildman–Crippen MR) is 155 cm³/mol.